The van der Waals surface area contributed by atoms with E-state index < -0.39 is 0 Å². The highest BCUT2D eigenvalue weighted by atomic mass is 32.1. The zero-order valence-corrected chi connectivity index (χ0v) is 12.1. The van der Waals surface area contributed by atoms with Gasteiger partial charge in [0.15, 0.2) is 0 Å². The van der Waals surface area contributed by atoms with E-state index in [0.717, 1.165) is 35.3 Å². The fourth-order valence-electron chi connectivity index (χ4n) is 1.98. The highest BCUT2D eigenvalue weighted by Crippen LogP contribution is 2.25. The van der Waals surface area contributed by atoms with Gasteiger partial charge in [0.1, 0.15) is 17.3 Å². The second-order valence-corrected chi connectivity index (χ2v) is 5.25. The summed E-state index contributed by atoms with van der Waals surface area (Å²) in [5.74, 6) is 2.84. The van der Waals surface area contributed by atoms with Gasteiger partial charge < -0.3 is 9.73 Å². The number of hydrogen-bond donors (Lipinski definition) is 1. The summed E-state index contributed by atoms with van der Waals surface area (Å²) < 4.78 is 9.87. The Balaban J connectivity index is 2.06. The van der Waals surface area contributed by atoms with E-state index in [4.69, 9.17) is 4.42 Å². The third kappa shape index (κ3) is 2.90. The number of hydrogen-bond acceptors (Lipinski definition) is 5. The van der Waals surface area contributed by atoms with Crippen LogP contribution in [0.1, 0.15) is 49.2 Å². The van der Waals surface area contributed by atoms with Crippen molar-refractivity contribution < 1.29 is 4.42 Å². The van der Waals surface area contributed by atoms with Crippen LogP contribution >= 0.6 is 11.5 Å². The second-order valence-electron chi connectivity index (χ2n) is 4.50. The molecule has 0 aliphatic rings. The molecule has 0 radical (unpaired) electrons. The predicted molar refractivity (Wildman–Crippen MR) is 74.1 cm³/mol. The van der Waals surface area contributed by atoms with Crippen LogP contribution in [-0.4, -0.2) is 9.36 Å². The molecular formula is C13H19N3OS. The van der Waals surface area contributed by atoms with E-state index >= 15 is 0 Å². The molecule has 5 heteroatoms. The summed E-state index contributed by atoms with van der Waals surface area (Å²) in [6, 6.07) is 2.26. The molecule has 4 nitrogen and oxygen atoms in total. The van der Waals surface area contributed by atoms with Gasteiger partial charge in [0.2, 0.25) is 5.13 Å². The third-order valence-corrected chi connectivity index (χ3v) is 3.51. The van der Waals surface area contributed by atoms with Gasteiger partial charge in [-0.05, 0) is 33.3 Å². The van der Waals surface area contributed by atoms with Gasteiger partial charge in [0.05, 0.1) is 6.04 Å². The van der Waals surface area contributed by atoms with Gasteiger partial charge in [-0.25, -0.2) is 4.98 Å². The molecule has 0 aliphatic heterocycles. The van der Waals surface area contributed by atoms with Crippen molar-refractivity contribution in [2.45, 2.75) is 46.6 Å². The Hall–Kier alpha value is -1.36. The Kier molecular flexibility index (Phi) is 4.01. The molecule has 1 N–H and O–H groups in total. The van der Waals surface area contributed by atoms with Crippen LogP contribution in [0.5, 0.6) is 0 Å². The molecule has 1 atom stereocenters. The van der Waals surface area contributed by atoms with Gasteiger partial charge in [-0.3, -0.25) is 0 Å². The fourth-order valence-corrected chi connectivity index (χ4v) is 2.68. The predicted octanol–water partition coefficient (Wildman–Crippen LogP) is 3.87. The van der Waals surface area contributed by atoms with Crippen LogP contribution < -0.4 is 5.32 Å². The largest absolute Gasteiger partial charge is 0.466 e. The normalized spacial score (nSPS) is 12.7. The Morgan fingerprint density at radius 1 is 1.44 bits per heavy atom. The molecule has 18 heavy (non-hydrogen) atoms. The number of nitrogens with one attached hydrogen (secondary N) is 1. The molecule has 2 heterocycles. The average molecular weight is 265 g/mol. The molecule has 98 valence electrons. The first-order chi connectivity index (χ1) is 8.60. The smallest absolute Gasteiger partial charge is 0.203 e. The molecule has 0 aromatic carbocycles. The minimum atomic E-state index is 0.185. The number of aromatic nitrogens is 2. The maximum absolute atomic E-state index is 5.54. The van der Waals surface area contributed by atoms with Crippen LogP contribution in [0.3, 0.4) is 0 Å². The molecule has 0 fully saturated rings. The minimum Gasteiger partial charge on any atom is -0.466 e. The van der Waals surface area contributed by atoms with E-state index in [1.54, 1.807) is 0 Å². The average Bonchev–Trinajstić information content (AvgIpc) is 2.86. The molecule has 0 saturated carbocycles. The van der Waals surface area contributed by atoms with Crippen LogP contribution in [0.25, 0.3) is 0 Å². The SMILES string of the molecule is CCCc1nsc(NC(C)c2cc(C)oc2C)n1. The molecular weight excluding hydrogens is 246 g/mol. The zero-order valence-electron chi connectivity index (χ0n) is 11.3. The molecule has 2 rings (SSSR count). The summed E-state index contributed by atoms with van der Waals surface area (Å²) in [6.45, 7) is 8.20. The van der Waals surface area contributed by atoms with Gasteiger partial charge in [0, 0.05) is 23.5 Å². The summed E-state index contributed by atoms with van der Waals surface area (Å²) in [6.07, 6.45) is 2.02. The number of anilines is 1. The standard InChI is InChI=1S/C13H19N3OS/c1-5-6-12-15-13(18-16-12)14-9(3)11-7-8(2)17-10(11)4/h7,9H,5-6H2,1-4H3,(H,14,15,16). The number of rotatable bonds is 5. The lowest BCUT2D eigenvalue weighted by atomic mass is 10.1. The van der Waals surface area contributed by atoms with Crippen LogP contribution in [0, 0.1) is 13.8 Å². The number of nitrogens with zero attached hydrogens (tertiary/aromatic N) is 2. The Morgan fingerprint density at radius 2 is 2.22 bits per heavy atom. The molecule has 1 unspecified atom stereocenters. The minimum absolute atomic E-state index is 0.185. The van der Waals surface area contributed by atoms with Crippen molar-refractivity contribution in [1.29, 1.82) is 0 Å². The van der Waals surface area contributed by atoms with Crippen molar-refractivity contribution in [3.05, 3.63) is 29.0 Å². The van der Waals surface area contributed by atoms with Crippen molar-refractivity contribution in [2.24, 2.45) is 0 Å². The van der Waals surface area contributed by atoms with Crippen LogP contribution in [0.4, 0.5) is 5.13 Å². The van der Waals surface area contributed by atoms with Crippen molar-refractivity contribution in [1.82, 2.24) is 9.36 Å². The Morgan fingerprint density at radius 3 is 2.83 bits per heavy atom. The molecule has 2 aromatic rings. The lowest BCUT2D eigenvalue weighted by Gasteiger charge is -2.11. The maximum Gasteiger partial charge on any atom is 0.203 e. The molecule has 0 aliphatic carbocycles. The highest BCUT2D eigenvalue weighted by Gasteiger charge is 2.14. The molecule has 2 aromatic heterocycles. The summed E-state index contributed by atoms with van der Waals surface area (Å²) >= 11 is 1.42. The van der Waals surface area contributed by atoms with Crippen molar-refractivity contribution in [2.75, 3.05) is 5.32 Å². The topological polar surface area (TPSA) is 51.0 Å². The van der Waals surface area contributed by atoms with Gasteiger partial charge >= 0.3 is 0 Å². The van der Waals surface area contributed by atoms with Gasteiger partial charge in [-0.1, -0.05) is 6.92 Å². The Labute approximate surface area is 112 Å². The lowest BCUT2D eigenvalue weighted by molar-refractivity contribution is 0.500. The van der Waals surface area contributed by atoms with Crippen LogP contribution in [0.15, 0.2) is 10.5 Å². The van der Waals surface area contributed by atoms with Gasteiger partial charge in [0.25, 0.3) is 0 Å². The molecule has 0 amide bonds. The summed E-state index contributed by atoms with van der Waals surface area (Å²) in [4.78, 5) is 4.47. The van der Waals surface area contributed by atoms with E-state index in [0.29, 0.717) is 0 Å². The summed E-state index contributed by atoms with van der Waals surface area (Å²) in [7, 11) is 0. The van der Waals surface area contributed by atoms with Crippen LogP contribution in [-0.2, 0) is 6.42 Å². The van der Waals surface area contributed by atoms with E-state index in [9.17, 15) is 0 Å². The second kappa shape index (κ2) is 5.52. The van der Waals surface area contributed by atoms with E-state index in [-0.39, 0.29) is 6.04 Å². The van der Waals surface area contributed by atoms with E-state index in [1.807, 2.05) is 13.8 Å². The summed E-state index contributed by atoms with van der Waals surface area (Å²) in [5.41, 5.74) is 1.18. The van der Waals surface area contributed by atoms with E-state index in [1.165, 1.54) is 17.1 Å². The molecule has 0 spiro atoms. The maximum atomic E-state index is 5.54. The highest BCUT2D eigenvalue weighted by molar-refractivity contribution is 7.09. The number of furan rings is 1. The Bertz CT molecular complexity index is 518. The zero-order chi connectivity index (χ0) is 13.1. The number of aryl methyl sites for hydroxylation is 3. The monoisotopic (exact) mass is 265 g/mol. The summed E-state index contributed by atoms with van der Waals surface area (Å²) in [5, 5.41) is 4.25. The quantitative estimate of drug-likeness (QED) is 0.891. The first-order valence-electron chi connectivity index (χ1n) is 6.26. The van der Waals surface area contributed by atoms with Crippen LogP contribution in [0.2, 0.25) is 0 Å². The van der Waals surface area contributed by atoms with Crippen molar-refractivity contribution in [3.8, 4) is 0 Å². The first kappa shape index (κ1) is 13.1. The van der Waals surface area contributed by atoms with Crippen molar-refractivity contribution >= 4 is 16.7 Å². The fraction of sp³-hybridized carbons (Fsp3) is 0.538. The third-order valence-electron chi connectivity index (χ3n) is 2.83. The molecule has 0 bridgehead atoms. The molecule has 0 saturated heterocycles. The van der Waals surface area contributed by atoms with E-state index in [2.05, 4.69) is 34.6 Å². The first-order valence-corrected chi connectivity index (χ1v) is 7.03. The van der Waals surface area contributed by atoms with Gasteiger partial charge in [-0.2, -0.15) is 4.37 Å². The lowest BCUT2D eigenvalue weighted by Crippen LogP contribution is -2.06. The van der Waals surface area contributed by atoms with Gasteiger partial charge in [-0.15, -0.1) is 0 Å². The van der Waals surface area contributed by atoms with Crippen molar-refractivity contribution in [3.63, 3.8) is 0 Å².